The maximum absolute atomic E-state index is 11.9. The van der Waals surface area contributed by atoms with Crippen LogP contribution in [0.3, 0.4) is 0 Å². The molecule has 0 aromatic heterocycles. The van der Waals surface area contributed by atoms with Crippen LogP contribution in [-0.2, 0) is 16.0 Å². The Morgan fingerprint density at radius 1 is 1.23 bits per heavy atom. The molecule has 6 nitrogen and oxygen atoms in total. The van der Waals surface area contributed by atoms with Gasteiger partial charge in [0, 0.05) is 12.1 Å². The molecule has 0 heterocycles. The summed E-state index contributed by atoms with van der Waals surface area (Å²) in [5.41, 5.74) is 2.50. The van der Waals surface area contributed by atoms with Gasteiger partial charge >= 0.3 is 5.97 Å². The van der Waals surface area contributed by atoms with Gasteiger partial charge in [0.2, 0.25) is 0 Å². The van der Waals surface area contributed by atoms with Crippen molar-refractivity contribution in [1.82, 2.24) is 0 Å². The number of carbonyl (C=O) groups is 1. The highest BCUT2D eigenvalue weighted by Crippen LogP contribution is 2.27. The highest BCUT2D eigenvalue weighted by Gasteiger charge is 2.20. The van der Waals surface area contributed by atoms with Crippen molar-refractivity contribution in [3.8, 4) is 0 Å². The molecule has 138 valence electrons. The van der Waals surface area contributed by atoms with Gasteiger partial charge in [-0.1, -0.05) is 36.4 Å². The molecule has 6 heteroatoms. The summed E-state index contributed by atoms with van der Waals surface area (Å²) in [7, 11) is 0. The van der Waals surface area contributed by atoms with E-state index in [0.29, 0.717) is 18.7 Å². The number of hydrogen-bond acceptors (Lipinski definition) is 5. The summed E-state index contributed by atoms with van der Waals surface area (Å²) in [5.74, 6) is -0.312. The first-order chi connectivity index (χ1) is 12.5. The fourth-order valence-electron chi connectivity index (χ4n) is 2.78. The maximum atomic E-state index is 11.9. The fourth-order valence-corrected chi connectivity index (χ4v) is 2.78. The summed E-state index contributed by atoms with van der Waals surface area (Å²) in [4.78, 5) is 22.8. The van der Waals surface area contributed by atoms with Crippen LogP contribution in [0.25, 0.3) is 0 Å². The first kappa shape index (κ1) is 19.4. The molecule has 0 amide bonds. The highest BCUT2D eigenvalue weighted by molar-refractivity contribution is 5.71. The lowest BCUT2D eigenvalue weighted by atomic mass is 10.0. The highest BCUT2D eigenvalue weighted by atomic mass is 16.6. The molecule has 0 fully saturated rings. The van der Waals surface area contributed by atoms with Gasteiger partial charge in [0.05, 0.1) is 18.0 Å². The van der Waals surface area contributed by atoms with Gasteiger partial charge in [-0.25, -0.2) is 0 Å². The molecule has 1 atom stereocenters. The molecule has 1 N–H and O–H groups in total. The number of nitrogens with zero attached hydrogens (tertiary/aromatic N) is 1. The van der Waals surface area contributed by atoms with Crippen molar-refractivity contribution in [2.75, 3.05) is 11.9 Å². The first-order valence-electron chi connectivity index (χ1n) is 8.70. The second kappa shape index (κ2) is 9.56. The molecule has 2 aromatic rings. The zero-order valence-electron chi connectivity index (χ0n) is 15.1. The lowest BCUT2D eigenvalue weighted by Crippen LogP contribution is -2.25. The molecule has 0 aliphatic rings. The Bertz CT molecular complexity index is 747. The van der Waals surface area contributed by atoms with Crippen LogP contribution in [0.1, 0.15) is 30.9 Å². The lowest BCUT2D eigenvalue weighted by Gasteiger charge is -2.19. The van der Waals surface area contributed by atoms with Crippen LogP contribution in [0.15, 0.2) is 48.5 Å². The third-order valence-electron chi connectivity index (χ3n) is 4.05. The minimum Gasteiger partial charge on any atom is -0.466 e. The molecule has 2 rings (SSSR count). The van der Waals surface area contributed by atoms with Crippen molar-refractivity contribution in [3.05, 3.63) is 69.8 Å². The van der Waals surface area contributed by atoms with Gasteiger partial charge in [-0.2, -0.15) is 0 Å². The second-order valence-electron chi connectivity index (χ2n) is 6.15. The largest absolute Gasteiger partial charge is 0.466 e. The summed E-state index contributed by atoms with van der Waals surface area (Å²) in [6.45, 7) is 3.95. The van der Waals surface area contributed by atoms with Crippen LogP contribution in [0.2, 0.25) is 0 Å². The zero-order valence-corrected chi connectivity index (χ0v) is 15.1. The molecule has 0 spiro atoms. The number of hydrogen-bond donors (Lipinski definition) is 1. The molecule has 26 heavy (non-hydrogen) atoms. The van der Waals surface area contributed by atoms with E-state index in [0.717, 1.165) is 17.5 Å². The normalized spacial score (nSPS) is 11.6. The molecule has 2 aromatic carbocycles. The summed E-state index contributed by atoms with van der Waals surface area (Å²) >= 11 is 0. The first-order valence-corrected chi connectivity index (χ1v) is 8.70. The minimum atomic E-state index is -0.416. The number of anilines is 1. The third kappa shape index (κ3) is 5.88. The average Bonchev–Trinajstić information content (AvgIpc) is 2.60. The van der Waals surface area contributed by atoms with Gasteiger partial charge in [0.1, 0.15) is 5.69 Å². The van der Waals surface area contributed by atoms with E-state index in [4.69, 9.17) is 4.74 Å². The molecule has 0 radical (unpaired) electrons. The van der Waals surface area contributed by atoms with E-state index in [1.165, 1.54) is 6.07 Å². The zero-order chi connectivity index (χ0) is 18.9. The molecule has 0 bridgehead atoms. The standard InChI is InChI=1S/C20H24N2O4/c1-3-26-20(23)14-17(11-10-16-7-5-4-6-8-16)21-18-13-15(2)9-12-19(18)22(24)25/h4-9,12-13,17,21H,3,10-11,14H2,1-2H3/t17-/m0/s1. The van der Waals surface area contributed by atoms with Crippen molar-refractivity contribution in [2.45, 2.75) is 39.2 Å². The number of nitro benzene ring substituents is 1. The summed E-state index contributed by atoms with van der Waals surface area (Å²) in [6.07, 6.45) is 1.58. The molecule has 0 unspecified atom stereocenters. The average molecular weight is 356 g/mol. The van der Waals surface area contributed by atoms with E-state index in [1.807, 2.05) is 37.3 Å². The van der Waals surface area contributed by atoms with Gasteiger partial charge in [-0.05, 0) is 43.9 Å². The van der Waals surface area contributed by atoms with Crippen molar-refractivity contribution in [3.63, 3.8) is 0 Å². The molecule has 0 saturated heterocycles. The molecular weight excluding hydrogens is 332 g/mol. The smallest absolute Gasteiger partial charge is 0.307 e. The van der Waals surface area contributed by atoms with Gasteiger partial charge in [0.25, 0.3) is 5.69 Å². The minimum absolute atomic E-state index is 0.00386. The van der Waals surface area contributed by atoms with E-state index in [9.17, 15) is 14.9 Å². The molecule has 0 aliphatic carbocycles. The number of benzene rings is 2. The van der Waals surface area contributed by atoms with Gasteiger partial charge < -0.3 is 10.1 Å². The number of nitrogens with one attached hydrogen (secondary N) is 1. The van der Waals surface area contributed by atoms with Gasteiger partial charge in [0.15, 0.2) is 0 Å². The van der Waals surface area contributed by atoms with Crippen molar-refractivity contribution in [2.24, 2.45) is 0 Å². The molecule has 0 saturated carbocycles. The Labute approximate surface area is 153 Å². The van der Waals surface area contributed by atoms with Crippen molar-refractivity contribution in [1.29, 1.82) is 0 Å². The summed E-state index contributed by atoms with van der Waals surface area (Å²) < 4.78 is 5.05. The van der Waals surface area contributed by atoms with E-state index >= 15 is 0 Å². The fraction of sp³-hybridized carbons (Fsp3) is 0.350. The Hall–Kier alpha value is -2.89. The van der Waals surface area contributed by atoms with Crippen LogP contribution >= 0.6 is 0 Å². The van der Waals surface area contributed by atoms with E-state index in [1.54, 1.807) is 19.1 Å². The SMILES string of the molecule is CCOC(=O)C[C@H](CCc1ccccc1)Nc1cc(C)ccc1[N+](=O)[O-]. The Kier molecular flexibility index (Phi) is 7.14. The summed E-state index contributed by atoms with van der Waals surface area (Å²) in [5, 5.41) is 14.5. The predicted octanol–water partition coefficient (Wildman–Crippen LogP) is 4.27. The number of carbonyl (C=O) groups excluding carboxylic acids is 1. The number of aryl methyl sites for hydroxylation is 2. The van der Waals surface area contributed by atoms with Crippen LogP contribution in [0.4, 0.5) is 11.4 Å². The van der Waals surface area contributed by atoms with Crippen LogP contribution in [0.5, 0.6) is 0 Å². The van der Waals surface area contributed by atoms with Crippen LogP contribution in [0, 0.1) is 17.0 Å². The Morgan fingerprint density at radius 2 is 1.96 bits per heavy atom. The summed E-state index contributed by atoms with van der Waals surface area (Å²) in [6, 6.07) is 14.6. The van der Waals surface area contributed by atoms with Gasteiger partial charge in [-0.3, -0.25) is 14.9 Å². The Balaban J connectivity index is 2.16. The number of rotatable bonds is 9. The van der Waals surface area contributed by atoms with Gasteiger partial charge in [-0.15, -0.1) is 0 Å². The Morgan fingerprint density at radius 3 is 2.62 bits per heavy atom. The molecular formula is C20H24N2O4. The topological polar surface area (TPSA) is 81.5 Å². The predicted molar refractivity (Wildman–Crippen MR) is 101 cm³/mol. The monoisotopic (exact) mass is 356 g/mol. The number of nitro groups is 1. The lowest BCUT2D eigenvalue weighted by molar-refractivity contribution is -0.384. The molecule has 0 aliphatic heterocycles. The second-order valence-corrected chi connectivity index (χ2v) is 6.15. The quantitative estimate of drug-likeness (QED) is 0.412. The number of ether oxygens (including phenoxy) is 1. The van der Waals surface area contributed by atoms with E-state index < -0.39 is 4.92 Å². The van der Waals surface area contributed by atoms with Crippen LogP contribution < -0.4 is 5.32 Å². The number of esters is 1. The van der Waals surface area contributed by atoms with Crippen LogP contribution in [-0.4, -0.2) is 23.5 Å². The third-order valence-corrected chi connectivity index (χ3v) is 4.05. The van der Waals surface area contributed by atoms with Crippen molar-refractivity contribution >= 4 is 17.3 Å². The van der Waals surface area contributed by atoms with Crippen molar-refractivity contribution < 1.29 is 14.5 Å². The van der Waals surface area contributed by atoms with E-state index in [-0.39, 0.29) is 24.1 Å². The van der Waals surface area contributed by atoms with E-state index in [2.05, 4.69) is 5.32 Å². The maximum Gasteiger partial charge on any atom is 0.307 e.